The molecule has 1 heterocycles. The molecule has 0 aromatic rings. The van der Waals surface area contributed by atoms with Crippen LogP contribution >= 0.6 is 12.2 Å². The Balaban J connectivity index is 0.00000324. The van der Waals surface area contributed by atoms with Crippen molar-refractivity contribution in [2.24, 2.45) is 17.3 Å². The van der Waals surface area contributed by atoms with E-state index in [0.29, 0.717) is 12.3 Å². The molecule has 1 aliphatic rings. The maximum atomic E-state index is 12.2. The van der Waals surface area contributed by atoms with Gasteiger partial charge in [0.05, 0.1) is 5.41 Å². The molecule has 100 valence electrons. The molecule has 0 spiro atoms. The zero-order valence-corrected chi connectivity index (χ0v) is 14.8. The summed E-state index contributed by atoms with van der Waals surface area (Å²) < 4.78 is 0. The molecule has 1 saturated heterocycles. The minimum atomic E-state index is -1.14. The Morgan fingerprint density at radius 3 is 2.42 bits per heavy atom. The zero-order chi connectivity index (χ0) is 13.9. The first kappa shape index (κ1) is 18.8. The second-order valence-electron chi connectivity index (χ2n) is 5.10. The van der Waals surface area contributed by atoms with Gasteiger partial charge >= 0.3 is 29.6 Å². The number of carbonyl (C=O) groups excluding carboxylic acids is 2. The van der Waals surface area contributed by atoms with Crippen LogP contribution in [0.2, 0.25) is 0 Å². The monoisotopic (exact) mass is 290 g/mol. The molecule has 2 unspecified atom stereocenters. The largest absolute Gasteiger partial charge is 1.00 e. The van der Waals surface area contributed by atoms with Crippen molar-refractivity contribution in [3.63, 3.8) is 0 Å². The van der Waals surface area contributed by atoms with Crippen molar-refractivity contribution in [1.82, 2.24) is 5.32 Å². The SMILES string of the molecule is C=CC(C)C1(CCC(C)C)C(=O)[N-]C(=S)NC1=O.[Na+]. The number of amides is 2. The summed E-state index contributed by atoms with van der Waals surface area (Å²) in [4.78, 5) is 24.4. The molecule has 6 heteroatoms. The fourth-order valence-corrected chi connectivity index (χ4v) is 2.27. The molecule has 2 atom stereocenters. The van der Waals surface area contributed by atoms with Crippen LogP contribution in [0.3, 0.4) is 0 Å². The van der Waals surface area contributed by atoms with Crippen LogP contribution in [-0.4, -0.2) is 16.9 Å². The van der Waals surface area contributed by atoms with E-state index in [9.17, 15) is 9.59 Å². The number of allylic oxidation sites excluding steroid dienone is 1. The molecule has 1 N–H and O–H groups in total. The third-order valence-electron chi connectivity index (χ3n) is 3.46. The minimum absolute atomic E-state index is 0. The van der Waals surface area contributed by atoms with Crippen molar-refractivity contribution in [2.75, 3.05) is 0 Å². The van der Waals surface area contributed by atoms with Crippen molar-refractivity contribution in [3.05, 3.63) is 18.0 Å². The van der Waals surface area contributed by atoms with Gasteiger partial charge < -0.3 is 10.6 Å². The molecule has 0 saturated carbocycles. The van der Waals surface area contributed by atoms with Gasteiger partial charge in [0.1, 0.15) is 0 Å². The van der Waals surface area contributed by atoms with Crippen LogP contribution in [0.15, 0.2) is 12.7 Å². The first-order valence-electron chi connectivity index (χ1n) is 6.08. The molecule has 0 aromatic carbocycles. The molecular formula is C13H19N2NaO2S. The minimum Gasteiger partial charge on any atom is -0.418 e. The third-order valence-corrected chi connectivity index (χ3v) is 3.65. The number of carbonyl (C=O) groups is 2. The van der Waals surface area contributed by atoms with Gasteiger partial charge in [-0.15, -0.1) is 6.58 Å². The number of hydrogen-bond donors (Lipinski definition) is 1. The summed E-state index contributed by atoms with van der Waals surface area (Å²) in [6, 6.07) is 0. The van der Waals surface area contributed by atoms with Crippen LogP contribution < -0.4 is 34.9 Å². The maximum absolute atomic E-state index is 12.2. The van der Waals surface area contributed by atoms with Crippen LogP contribution in [-0.2, 0) is 9.59 Å². The van der Waals surface area contributed by atoms with E-state index in [4.69, 9.17) is 12.2 Å². The van der Waals surface area contributed by atoms with E-state index in [0.717, 1.165) is 6.42 Å². The average molecular weight is 290 g/mol. The molecule has 0 radical (unpaired) electrons. The quantitative estimate of drug-likeness (QED) is 0.323. The van der Waals surface area contributed by atoms with Gasteiger partial charge in [0.2, 0.25) is 0 Å². The number of nitrogens with one attached hydrogen (secondary N) is 1. The van der Waals surface area contributed by atoms with E-state index in [1.165, 1.54) is 0 Å². The summed E-state index contributed by atoms with van der Waals surface area (Å²) in [7, 11) is 0. The standard InChI is InChI=1S/C13H20N2O2S.Na/c1-5-9(4)13(7-6-8(2)3)10(16)14-12(18)15-11(13)17;/h5,8-9H,1,6-7H2,2-4H3,(H2,14,15,16,17,18);/q;+1/p-1. The van der Waals surface area contributed by atoms with E-state index < -0.39 is 11.3 Å². The van der Waals surface area contributed by atoms with Crippen molar-refractivity contribution >= 4 is 29.1 Å². The van der Waals surface area contributed by atoms with E-state index in [2.05, 4.69) is 31.1 Å². The maximum Gasteiger partial charge on any atom is 1.00 e. The summed E-state index contributed by atoms with van der Waals surface area (Å²) in [6.45, 7) is 9.61. The van der Waals surface area contributed by atoms with Crippen LogP contribution in [0, 0.1) is 17.3 Å². The molecule has 0 aromatic heterocycles. The predicted molar refractivity (Wildman–Crippen MR) is 75.0 cm³/mol. The van der Waals surface area contributed by atoms with E-state index >= 15 is 0 Å². The molecule has 2 amide bonds. The summed E-state index contributed by atoms with van der Waals surface area (Å²) in [5.74, 6) is -0.645. The molecule has 0 bridgehead atoms. The van der Waals surface area contributed by atoms with Crippen molar-refractivity contribution in [3.8, 4) is 0 Å². The van der Waals surface area contributed by atoms with Crippen LogP contribution in [0.5, 0.6) is 0 Å². The molecular weight excluding hydrogens is 271 g/mol. The Hall–Kier alpha value is -0.230. The van der Waals surface area contributed by atoms with Gasteiger partial charge in [-0.2, -0.15) is 0 Å². The molecule has 1 rings (SSSR count). The normalized spacial score (nSPS) is 24.3. The number of thiocarbonyl (C=S) groups is 1. The second kappa shape index (κ2) is 7.53. The van der Waals surface area contributed by atoms with Crippen LogP contribution in [0.4, 0.5) is 0 Å². The summed E-state index contributed by atoms with van der Waals surface area (Å²) in [5.41, 5.74) is -1.14. The summed E-state index contributed by atoms with van der Waals surface area (Å²) in [5, 5.41) is 6.20. The average Bonchev–Trinajstić information content (AvgIpc) is 2.27. The fourth-order valence-electron chi connectivity index (χ4n) is 2.09. The Morgan fingerprint density at radius 1 is 1.42 bits per heavy atom. The topological polar surface area (TPSA) is 60.3 Å². The smallest absolute Gasteiger partial charge is 0.418 e. The van der Waals surface area contributed by atoms with Crippen molar-refractivity contribution < 1.29 is 39.1 Å². The Kier molecular flexibility index (Phi) is 7.43. The molecule has 0 aliphatic carbocycles. The number of rotatable bonds is 5. The third kappa shape index (κ3) is 3.88. The second-order valence-corrected chi connectivity index (χ2v) is 5.49. The predicted octanol–water partition coefficient (Wildman–Crippen LogP) is -0.450. The van der Waals surface area contributed by atoms with Crippen molar-refractivity contribution in [1.29, 1.82) is 0 Å². The van der Waals surface area contributed by atoms with Gasteiger partial charge in [-0.1, -0.05) is 39.1 Å². The van der Waals surface area contributed by atoms with E-state index in [1.807, 2.05) is 6.92 Å². The Labute approximate surface area is 142 Å². The first-order valence-corrected chi connectivity index (χ1v) is 6.49. The van der Waals surface area contributed by atoms with E-state index in [-0.39, 0.29) is 46.5 Å². The number of hydrogen-bond acceptors (Lipinski definition) is 3. The number of nitrogens with zero attached hydrogens (tertiary/aromatic N) is 1. The van der Waals surface area contributed by atoms with Crippen LogP contribution in [0.25, 0.3) is 5.32 Å². The fraction of sp³-hybridized carbons (Fsp3) is 0.615. The van der Waals surface area contributed by atoms with Crippen molar-refractivity contribution in [2.45, 2.75) is 33.6 Å². The van der Waals surface area contributed by atoms with Gasteiger partial charge in [-0.3, -0.25) is 9.59 Å². The van der Waals surface area contributed by atoms with Gasteiger partial charge in [0.15, 0.2) is 11.8 Å². The summed E-state index contributed by atoms with van der Waals surface area (Å²) >= 11 is 4.78. The summed E-state index contributed by atoms with van der Waals surface area (Å²) in [6.07, 6.45) is 2.87. The van der Waals surface area contributed by atoms with Crippen LogP contribution in [0.1, 0.15) is 33.6 Å². The molecule has 4 nitrogen and oxygen atoms in total. The zero-order valence-electron chi connectivity index (χ0n) is 12.0. The van der Waals surface area contributed by atoms with E-state index in [1.54, 1.807) is 6.08 Å². The van der Waals surface area contributed by atoms with Gasteiger partial charge in [-0.05, 0) is 24.7 Å². The Morgan fingerprint density at radius 2 is 2.00 bits per heavy atom. The van der Waals surface area contributed by atoms with Gasteiger partial charge in [0.25, 0.3) is 0 Å². The van der Waals surface area contributed by atoms with Gasteiger partial charge in [-0.25, -0.2) is 0 Å². The molecule has 19 heavy (non-hydrogen) atoms. The van der Waals surface area contributed by atoms with Gasteiger partial charge in [0, 0.05) is 5.11 Å². The molecule has 1 fully saturated rings. The molecule has 1 aliphatic heterocycles. The Bertz CT molecular complexity index is 376. The first-order chi connectivity index (χ1) is 8.34.